The van der Waals surface area contributed by atoms with Crippen LogP contribution in [0.1, 0.15) is 10.4 Å². The highest BCUT2D eigenvalue weighted by Gasteiger charge is 2.20. The lowest BCUT2D eigenvalue weighted by Gasteiger charge is -2.07. The second kappa shape index (κ2) is 5.71. The van der Waals surface area contributed by atoms with Crippen molar-refractivity contribution in [3.05, 3.63) is 63.2 Å². The van der Waals surface area contributed by atoms with Crippen LogP contribution in [0.3, 0.4) is 0 Å². The summed E-state index contributed by atoms with van der Waals surface area (Å²) in [6.07, 6.45) is 0. The first-order valence-electron chi connectivity index (χ1n) is 5.66. The number of carbonyl (C=O) groups excluding carboxylic acids is 1. The zero-order chi connectivity index (χ0) is 14.7. The molecule has 0 atom stereocenters. The molecule has 2 aromatic carbocycles. The Bertz CT molecular complexity index is 685. The van der Waals surface area contributed by atoms with Gasteiger partial charge in [-0.25, -0.2) is 4.79 Å². The third-order valence-corrected chi connectivity index (χ3v) is 3.11. The molecular weight excluding hydrogens is 282 g/mol. The molecule has 20 heavy (non-hydrogen) atoms. The summed E-state index contributed by atoms with van der Waals surface area (Å²) in [4.78, 5) is 22.1. The van der Waals surface area contributed by atoms with E-state index < -0.39 is 10.9 Å². The zero-order valence-electron chi connectivity index (χ0n) is 10.5. The molecule has 0 bridgehead atoms. The van der Waals surface area contributed by atoms with Crippen molar-refractivity contribution in [3.8, 4) is 11.1 Å². The highest BCUT2D eigenvalue weighted by Crippen LogP contribution is 2.35. The Kier molecular flexibility index (Phi) is 4.00. The molecule has 0 fully saturated rings. The van der Waals surface area contributed by atoms with Gasteiger partial charge in [0.1, 0.15) is 0 Å². The highest BCUT2D eigenvalue weighted by molar-refractivity contribution is 6.33. The number of esters is 1. The maximum absolute atomic E-state index is 11.4. The fraction of sp³-hybridized carbons (Fsp3) is 0.0714. The first kappa shape index (κ1) is 14.0. The standard InChI is InChI=1S/C14H10ClNO4/c1-20-14(17)9-6-7-11(13(8-9)16(18)19)10-4-2-3-5-12(10)15/h2-8H,1H3. The number of hydrogen-bond acceptors (Lipinski definition) is 4. The van der Waals surface area contributed by atoms with Crippen LogP contribution < -0.4 is 0 Å². The second-order valence-corrected chi connectivity index (χ2v) is 4.37. The van der Waals surface area contributed by atoms with Crippen LogP contribution in [0, 0.1) is 10.1 Å². The number of carbonyl (C=O) groups is 1. The SMILES string of the molecule is COC(=O)c1ccc(-c2ccccc2Cl)c([N+](=O)[O-])c1. The molecule has 0 N–H and O–H groups in total. The zero-order valence-corrected chi connectivity index (χ0v) is 11.3. The molecule has 2 rings (SSSR count). The van der Waals surface area contributed by atoms with Crippen molar-refractivity contribution in [2.24, 2.45) is 0 Å². The van der Waals surface area contributed by atoms with Gasteiger partial charge in [-0.2, -0.15) is 0 Å². The molecule has 0 aliphatic carbocycles. The van der Waals surface area contributed by atoms with E-state index in [4.69, 9.17) is 11.6 Å². The summed E-state index contributed by atoms with van der Waals surface area (Å²) in [6.45, 7) is 0. The van der Waals surface area contributed by atoms with Crippen LogP contribution >= 0.6 is 11.6 Å². The first-order chi connectivity index (χ1) is 9.54. The maximum atomic E-state index is 11.4. The van der Waals surface area contributed by atoms with Crippen LogP contribution in [0.2, 0.25) is 5.02 Å². The number of ether oxygens (including phenoxy) is 1. The van der Waals surface area contributed by atoms with Crippen LogP contribution in [0.25, 0.3) is 11.1 Å². The second-order valence-electron chi connectivity index (χ2n) is 3.96. The van der Waals surface area contributed by atoms with Gasteiger partial charge in [-0.15, -0.1) is 0 Å². The number of rotatable bonds is 3. The predicted molar refractivity (Wildman–Crippen MR) is 74.9 cm³/mol. The number of nitro benzene ring substituents is 1. The van der Waals surface area contributed by atoms with E-state index in [2.05, 4.69) is 4.74 Å². The summed E-state index contributed by atoms with van der Waals surface area (Å²) in [7, 11) is 1.22. The molecule has 0 aliphatic heterocycles. The number of halogens is 1. The van der Waals surface area contributed by atoms with E-state index in [1.807, 2.05) is 0 Å². The normalized spacial score (nSPS) is 10.1. The Morgan fingerprint density at radius 2 is 1.90 bits per heavy atom. The van der Waals surface area contributed by atoms with Crippen molar-refractivity contribution < 1.29 is 14.5 Å². The minimum atomic E-state index is -0.626. The van der Waals surface area contributed by atoms with Crippen molar-refractivity contribution >= 4 is 23.3 Å². The van der Waals surface area contributed by atoms with Crippen molar-refractivity contribution in [3.63, 3.8) is 0 Å². The van der Waals surface area contributed by atoms with Crippen molar-refractivity contribution in [1.29, 1.82) is 0 Å². The predicted octanol–water partition coefficient (Wildman–Crippen LogP) is 3.70. The molecular formula is C14H10ClNO4. The van der Waals surface area contributed by atoms with Crippen LogP contribution in [0.5, 0.6) is 0 Å². The van der Waals surface area contributed by atoms with Gasteiger partial charge in [0.2, 0.25) is 0 Å². The summed E-state index contributed by atoms with van der Waals surface area (Å²) in [5, 5.41) is 11.6. The van der Waals surface area contributed by atoms with Crippen molar-refractivity contribution in [1.82, 2.24) is 0 Å². The number of nitro groups is 1. The third kappa shape index (κ3) is 2.62. The quantitative estimate of drug-likeness (QED) is 0.491. The molecule has 0 aromatic heterocycles. The van der Waals surface area contributed by atoms with Gasteiger partial charge in [-0.1, -0.05) is 29.8 Å². The molecule has 0 radical (unpaired) electrons. The Hall–Kier alpha value is -2.40. The monoisotopic (exact) mass is 291 g/mol. The maximum Gasteiger partial charge on any atom is 0.338 e. The van der Waals surface area contributed by atoms with E-state index in [1.54, 1.807) is 24.3 Å². The molecule has 0 aliphatic rings. The summed E-state index contributed by atoms with van der Waals surface area (Å²) >= 11 is 6.05. The number of benzene rings is 2. The summed E-state index contributed by atoms with van der Waals surface area (Å²) in [5.41, 5.74) is 0.821. The van der Waals surface area contributed by atoms with E-state index in [9.17, 15) is 14.9 Å². The Morgan fingerprint density at radius 1 is 1.20 bits per heavy atom. The van der Waals surface area contributed by atoms with E-state index in [0.717, 1.165) is 0 Å². The summed E-state index contributed by atoms with van der Waals surface area (Å²) in [5.74, 6) is -0.626. The van der Waals surface area contributed by atoms with Crippen molar-refractivity contribution in [2.45, 2.75) is 0 Å². The average molecular weight is 292 g/mol. The van der Waals surface area contributed by atoms with Crippen LogP contribution in [0.4, 0.5) is 5.69 Å². The molecule has 0 spiro atoms. The fourth-order valence-corrected chi connectivity index (χ4v) is 2.07. The van der Waals surface area contributed by atoms with Gasteiger partial charge in [0.15, 0.2) is 0 Å². The lowest BCUT2D eigenvalue weighted by molar-refractivity contribution is -0.384. The molecule has 0 saturated heterocycles. The van der Waals surface area contributed by atoms with Crippen molar-refractivity contribution in [2.75, 3.05) is 7.11 Å². The van der Waals surface area contributed by atoms with Crippen LogP contribution in [0.15, 0.2) is 42.5 Å². The van der Waals surface area contributed by atoms with Gasteiger partial charge in [-0.3, -0.25) is 10.1 Å². The Balaban J connectivity index is 2.63. The smallest absolute Gasteiger partial charge is 0.338 e. The van der Waals surface area contributed by atoms with Crippen LogP contribution in [-0.2, 0) is 4.74 Å². The lowest BCUT2D eigenvalue weighted by Crippen LogP contribution is -2.03. The highest BCUT2D eigenvalue weighted by atomic mass is 35.5. The Morgan fingerprint density at radius 3 is 2.50 bits per heavy atom. The number of nitrogens with zero attached hydrogens (tertiary/aromatic N) is 1. The summed E-state index contributed by atoms with van der Waals surface area (Å²) in [6, 6.07) is 10.9. The first-order valence-corrected chi connectivity index (χ1v) is 6.04. The van der Waals surface area contributed by atoms with Gasteiger partial charge in [0.25, 0.3) is 5.69 Å². The van der Waals surface area contributed by atoms with Gasteiger partial charge >= 0.3 is 5.97 Å². The van der Waals surface area contributed by atoms with Gasteiger partial charge in [0, 0.05) is 16.7 Å². The van der Waals surface area contributed by atoms with Gasteiger partial charge < -0.3 is 4.74 Å². The topological polar surface area (TPSA) is 69.4 Å². The molecule has 5 nitrogen and oxygen atoms in total. The lowest BCUT2D eigenvalue weighted by atomic mass is 10.0. The molecule has 2 aromatic rings. The van der Waals surface area contributed by atoms with E-state index >= 15 is 0 Å². The molecule has 0 amide bonds. The minimum absolute atomic E-state index is 0.120. The largest absolute Gasteiger partial charge is 0.465 e. The Labute approximate surface area is 119 Å². The van der Waals surface area contributed by atoms with Crippen LogP contribution in [-0.4, -0.2) is 18.0 Å². The number of hydrogen-bond donors (Lipinski definition) is 0. The molecule has 102 valence electrons. The van der Waals surface area contributed by atoms with E-state index in [0.29, 0.717) is 16.1 Å². The van der Waals surface area contributed by atoms with Gasteiger partial charge in [-0.05, 0) is 18.2 Å². The third-order valence-electron chi connectivity index (χ3n) is 2.78. The van der Waals surface area contributed by atoms with E-state index in [-0.39, 0.29) is 11.3 Å². The van der Waals surface area contributed by atoms with Gasteiger partial charge in [0.05, 0.1) is 23.2 Å². The van der Waals surface area contributed by atoms with E-state index in [1.165, 1.54) is 25.3 Å². The molecule has 0 saturated carbocycles. The molecule has 0 unspecified atom stereocenters. The molecule has 0 heterocycles. The molecule has 6 heteroatoms. The minimum Gasteiger partial charge on any atom is -0.465 e. The number of methoxy groups -OCH3 is 1. The average Bonchev–Trinajstić information content (AvgIpc) is 2.46. The summed E-state index contributed by atoms with van der Waals surface area (Å²) < 4.78 is 4.55. The fourth-order valence-electron chi connectivity index (χ4n) is 1.83.